The number of nitrogens with one attached hydrogen (secondary N) is 1. The molecule has 0 spiro atoms. The molecule has 3 rings (SSSR count). The third-order valence-corrected chi connectivity index (χ3v) is 6.46. The number of likely N-dealkylation sites (tertiary alicyclic amines) is 1. The van der Waals surface area contributed by atoms with Gasteiger partial charge in [-0.3, -0.25) is 9.59 Å². The average Bonchev–Trinajstić information content (AvgIpc) is 3.28. The minimum absolute atomic E-state index is 0.0449. The van der Waals surface area contributed by atoms with Crippen LogP contribution in [-0.4, -0.2) is 74.1 Å². The van der Waals surface area contributed by atoms with Gasteiger partial charge in [-0.1, -0.05) is 32.1 Å². The molecular weight excluding hydrogens is 394 g/mol. The summed E-state index contributed by atoms with van der Waals surface area (Å²) in [4.78, 5) is 38.4. The van der Waals surface area contributed by atoms with Crippen molar-refractivity contribution in [2.75, 3.05) is 52.3 Å². The van der Waals surface area contributed by atoms with E-state index in [1.807, 2.05) is 23.9 Å². The van der Waals surface area contributed by atoms with Crippen LogP contribution < -0.4 is 10.2 Å². The number of nitrogens with zero attached hydrogens (tertiary/aromatic N) is 4. The Hall–Kier alpha value is -2.22. The molecule has 31 heavy (non-hydrogen) atoms. The Kier molecular flexibility index (Phi) is 8.63. The van der Waals surface area contributed by atoms with Crippen molar-refractivity contribution in [1.82, 2.24) is 20.2 Å². The van der Waals surface area contributed by atoms with Gasteiger partial charge in [-0.2, -0.15) is 0 Å². The van der Waals surface area contributed by atoms with Gasteiger partial charge < -0.3 is 19.9 Å². The molecule has 1 saturated heterocycles. The minimum Gasteiger partial charge on any atom is -0.383 e. The normalized spacial score (nSPS) is 19.5. The lowest BCUT2D eigenvalue weighted by molar-refractivity contribution is -0.130. The molecule has 1 aliphatic heterocycles. The first kappa shape index (κ1) is 23.4. The average molecular weight is 432 g/mol. The maximum Gasteiger partial charge on any atom is 0.254 e. The minimum atomic E-state index is -0.195. The highest BCUT2D eigenvalue weighted by atomic mass is 16.5. The summed E-state index contributed by atoms with van der Waals surface area (Å²) >= 11 is 0. The van der Waals surface area contributed by atoms with Crippen LogP contribution in [0.4, 0.5) is 5.95 Å². The molecule has 1 saturated carbocycles. The van der Waals surface area contributed by atoms with E-state index in [2.05, 4.69) is 10.3 Å². The van der Waals surface area contributed by atoms with E-state index >= 15 is 0 Å². The Morgan fingerprint density at radius 1 is 1.23 bits per heavy atom. The Morgan fingerprint density at radius 3 is 2.71 bits per heavy atom. The third-order valence-electron chi connectivity index (χ3n) is 6.46. The molecule has 2 fully saturated rings. The maximum atomic E-state index is 12.8. The van der Waals surface area contributed by atoms with Gasteiger partial charge in [0.2, 0.25) is 11.9 Å². The van der Waals surface area contributed by atoms with Crippen molar-refractivity contribution >= 4 is 17.8 Å². The summed E-state index contributed by atoms with van der Waals surface area (Å²) in [7, 11) is 5.37. The molecule has 1 aromatic heterocycles. The molecule has 0 aromatic carbocycles. The van der Waals surface area contributed by atoms with Crippen molar-refractivity contribution in [3.63, 3.8) is 0 Å². The first-order valence-electron chi connectivity index (χ1n) is 11.6. The molecule has 1 atom stereocenters. The smallest absolute Gasteiger partial charge is 0.254 e. The molecule has 2 amide bonds. The molecule has 2 heterocycles. The Labute approximate surface area is 185 Å². The van der Waals surface area contributed by atoms with Crippen molar-refractivity contribution < 1.29 is 14.3 Å². The summed E-state index contributed by atoms with van der Waals surface area (Å²) in [6, 6.07) is 0. The van der Waals surface area contributed by atoms with Crippen molar-refractivity contribution in [3.8, 4) is 0 Å². The summed E-state index contributed by atoms with van der Waals surface area (Å²) < 4.78 is 5.02. The number of methoxy groups -OCH3 is 1. The third kappa shape index (κ3) is 6.38. The van der Waals surface area contributed by atoms with Gasteiger partial charge in [0, 0.05) is 59.4 Å². The van der Waals surface area contributed by atoms with E-state index in [4.69, 9.17) is 9.72 Å². The summed E-state index contributed by atoms with van der Waals surface area (Å²) in [6.07, 6.45) is 10.6. The highest BCUT2D eigenvalue weighted by Crippen LogP contribution is 2.31. The van der Waals surface area contributed by atoms with Crippen LogP contribution in [0.3, 0.4) is 0 Å². The zero-order valence-electron chi connectivity index (χ0n) is 19.2. The number of aromatic nitrogens is 2. The summed E-state index contributed by atoms with van der Waals surface area (Å²) in [6.45, 7) is 2.22. The van der Waals surface area contributed by atoms with Crippen LogP contribution in [0.5, 0.6) is 0 Å². The van der Waals surface area contributed by atoms with Crippen LogP contribution >= 0.6 is 0 Å². The fourth-order valence-electron chi connectivity index (χ4n) is 4.62. The van der Waals surface area contributed by atoms with E-state index < -0.39 is 0 Å². The second-order valence-electron chi connectivity index (χ2n) is 8.98. The van der Waals surface area contributed by atoms with Gasteiger partial charge in [0.1, 0.15) is 0 Å². The van der Waals surface area contributed by atoms with Crippen molar-refractivity contribution in [2.45, 2.75) is 57.3 Å². The number of carbonyl (C=O) groups excluding carboxylic acids is 2. The van der Waals surface area contributed by atoms with Crippen molar-refractivity contribution in [3.05, 3.63) is 17.5 Å². The molecule has 0 bridgehead atoms. The molecular formula is C23H37N5O3. The fourth-order valence-corrected chi connectivity index (χ4v) is 4.62. The van der Waals surface area contributed by atoms with Crippen LogP contribution in [0.2, 0.25) is 0 Å². The summed E-state index contributed by atoms with van der Waals surface area (Å²) in [5.74, 6) is 1.37. The van der Waals surface area contributed by atoms with Gasteiger partial charge in [-0.25, -0.2) is 9.97 Å². The fraction of sp³-hybridized carbons (Fsp3) is 0.739. The number of hydrogen-bond acceptors (Lipinski definition) is 6. The number of anilines is 1. The molecule has 1 aliphatic carbocycles. The zero-order valence-corrected chi connectivity index (χ0v) is 19.2. The highest BCUT2D eigenvalue weighted by Gasteiger charge is 2.32. The Bertz CT molecular complexity index is 749. The number of carbonyl (C=O) groups is 2. The summed E-state index contributed by atoms with van der Waals surface area (Å²) in [5, 5.41) is 2.86. The highest BCUT2D eigenvalue weighted by molar-refractivity contribution is 5.95. The van der Waals surface area contributed by atoms with Gasteiger partial charge in [-0.15, -0.1) is 0 Å². The van der Waals surface area contributed by atoms with Gasteiger partial charge in [0.05, 0.1) is 17.9 Å². The zero-order chi connectivity index (χ0) is 22.2. The quantitative estimate of drug-likeness (QED) is 0.605. The van der Waals surface area contributed by atoms with Gasteiger partial charge in [0.25, 0.3) is 5.91 Å². The molecule has 8 heteroatoms. The predicted octanol–water partition coefficient (Wildman–Crippen LogP) is 2.60. The monoisotopic (exact) mass is 431 g/mol. The van der Waals surface area contributed by atoms with Crippen LogP contribution in [0.1, 0.15) is 73.3 Å². The van der Waals surface area contributed by atoms with Crippen LogP contribution in [-0.2, 0) is 9.53 Å². The SMILES string of the molecule is COCCNC(=O)c1cnc(N(C)C)nc1C1CCN(C(=O)CCC2CCCCC2)C1. The Balaban J connectivity index is 1.65. The van der Waals surface area contributed by atoms with Gasteiger partial charge >= 0.3 is 0 Å². The number of ether oxygens (including phenoxy) is 1. The first-order valence-corrected chi connectivity index (χ1v) is 11.6. The second kappa shape index (κ2) is 11.4. The van der Waals surface area contributed by atoms with Gasteiger partial charge in [0.15, 0.2) is 0 Å². The molecule has 8 nitrogen and oxygen atoms in total. The van der Waals surface area contributed by atoms with Crippen LogP contribution in [0.25, 0.3) is 0 Å². The van der Waals surface area contributed by atoms with E-state index in [1.165, 1.54) is 32.1 Å². The number of rotatable bonds is 9. The molecule has 1 aromatic rings. The summed E-state index contributed by atoms with van der Waals surface area (Å²) in [5.41, 5.74) is 1.22. The molecule has 1 N–H and O–H groups in total. The topological polar surface area (TPSA) is 87.7 Å². The lowest BCUT2D eigenvalue weighted by Crippen LogP contribution is -2.31. The largest absolute Gasteiger partial charge is 0.383 e. The maximum absolute atomic E-state index is 12.8. The van der Waals surface area contributed by atoms with Crippen molar-refractivity contribution in [2.24, 2.45) is 5.92 Å². The van der Waals surface area contributed by atoms with E-state index in [0.29, 0.717) is 43.5 Å². The molecule has 2 aliphatic rings. The first-order chi connectivity index (χ1) is 15.0. The van der Waals surface area contributed by atoms with E-state index in [9.17, 15) is 9.59 Å². The molecule has 1 unspecified atom stereocenters. The second-order valence-corrected chi connectivity index (χ2v) is 8.98. The number of hydrogen-bond donors (Lipinski definition) is 1. The Morgan fingerprint density at radius 2 is 2.00 bits per heavy atom. The lowest BCUT2D eigenvalue weighted by atomic mass is 9.86. The van der Waals surface area contributed by atoms with Crippen LogP contribution in [0.15, 0.2) is 6.20 Å². The lowest BCUT2D eigenvalue weighted by Gasteiger charge is -2.23. The van der Waals surface area contributed by atoms with E-state index in [0.717, 1.165) is 25.1 Å². The predicted molar refractivity (Wildman–Crippen MR) is 120 cm³/mol. The molecule has 172 valence electrons. The molecule has 0 radical (unpaired) electrons. The van der Waals surface area contributed by atoms with Crippen LogP contribution in [0, 0.1) is 5.92 Å². The van der Waals surface area contributed by atoms with E-state index in [1.54, 1.807) is 13.3 Å². The van der Waals surface area contributed by atoms with Gasteiger partial charge in [-0.05, 0) is 18.8 Å². The number of amides is 2. The van der Waals surface area contributed by atoms with Crippen molar-refractivity contribution in [1.29, 1.82) is 0 Å². The van der Waals surface area contributed by atoms with E-state index in [-0.39, 0.29) is 17.7 Å². The standard InChI is InChI=1S/C23H37N5O3/c1-27(2)23-25-15-19(22(30)24-12-14-31-3)21(26-23)18-11-13-28(16-18)20(29)10-9-17-7-5-4-6-8-17/h15,17-18H,4-14,16H2,1-3H3,(H,24,30).